The average molecular weight is 439 g/mol. The molecule has 2 aromatic rings. The minimum Gasteiger partial charge on any atom is -0.453 e. The number of ether oxygens (including phenoxy) is 1. The highest BCUT2D eigenvalue weighted by atomic mass is 35.5. The van der Waals surface area contributed by atoms with E-state index in [2.05, 4.69) is 4.40 Å². The summed E-state index contributed by atoms with van der Waals surface area (Å²) in [5, 5.41) is 10.4. The third-order valence-corrected chi connectivity index (χ3v) is 5.09. The normalized spacial score (nSPS) is 12.1. The van der Waals surface area contributed by atoms with Crippen LogP contribution in [0.1, 0.15) is 6.92 Å². The summed E-state index contributed by atoms with van der Waals surface area (Å²) < 4.78 is 32.9. The van der Waals surface area contributed by atoms with E-state index in [9.17, 15) is 18.5 Å². The summed E-state index contributed by atoms with van der Waals surface area (Å²) in [4.78, 5) is 9.83. The second-order valence-corrected chi connectivity index (χ2v) is 7.72. The number of non-ortho nitro benzene ring substituents is 1. The predicted molar refractivity (Wildman–Crippen MR) is 99.1 cm³/mol. The minimum absolute atomic E-state index is 0.0486. The first kappa shape index (κ1) is 20.2. The van der Waals surface area contributed by atoms with Gasteiger partial charge in [-0.15, -0.1) is 4.40 Å². The van der Waals surface area contributed by atoms with E-state index < -0.39 is 14.9 Å². The van der Waals surface area contributed by atoms with Crippen molar-refractivity contribution in [2.45, 2.75) is 11.8 Å². The van der Waals surface area contributed by atoms with Gasteiger partial charge in [-0.2, -0.15) is 8.42 Å². The van der Waals surface area contributed by atoms with Crippen LogP contribution in [0.3, 0.4) is 0 Å². The number of nitro benzene ring substituents is 1. The van der Waals surface area contributed by atoms with Crippen LogP contribution in [0.25, 0.3) is 0 Å². The molecule has 2 N–H and O–H groups in total. The number of rotatable bonds is 5. The fraction of sp³-hybridized carbons (Fsp3) is 0.0714. The maximum atomic E-state index is 12.1. The number of halogens is 3. The Morgan fingerprint density at radius 2 is 1.73 bits per heavy atom. The molecule has 0 heterocycles. The summed E-state index contributed by atoms with van der Waals surface area (Å²) in [5.74, 6) is -0.181. The molecule has 8 nitrogen and oxygen atoms in total. The van der Waals surface area contributed by atoms with Gasteiger partial charge >= 0.3 is 0 Å². The molecule has 0 bridgehead atoms. The Morgan fingerprint density at radius 1 is 1.15 bits per heavy atom. The quantitative estimate of drug-likeness (QED) is 0.319. The van der Waals surface area contributed by atoms with Crippen molar-refractivity contribution in [1.82, 2.24) is 0 Å². The standard InChI is InChI=1S/C14H10Cl3N3O5S/c1-7(18)19-26(23,24)9-5-11(16)14(12(17)6-9)25-13-3-2-8(20(21)22)4-10(13)15/h2-6H,1H3,(H2,18,19). The molecule has 26 heavy (non-hydrogen) atoms. The number of hydrogen-bond acceptors (Lipinski definition) is 5. The third kappa shape index (κ3) is 4.55. The first-order chi connectivity index (χ1) is 12.0. The summed E-state index contributed by atoms with van der Waals surface area (Å²) in [5.41, 5.74) is 5.07. The van der Waals surface area contributed by atoms with E-state index in [-0.39, 0.29) is 43.0 Å². The lowest BCUT2D eigenvalue weighted by Gasteiger charge is -2.12. The van der Waals surface area contributed by atoms with E-state index in [4.69, 9.17) is 45.3 Å². The number of sulfonamides is 1. The van der Waals surface area contributed by atoms with Gasteiger partial charge in [0.05, 0.1) is 24.9 Å². The van der Waals surface area contributed by atoms with Crippen molar-refractivity contribution in [3.8, 4) is 11.5 Å². The van der Waals surface area contributed by atoms with Crippen LogP contribution in [-0.2, 0) is 10.0 Å². The van der Waals surface area contributed by atoms with E-state index in [1.165, 1.54) is 19.1 Å². The molecular formula is C14H10Cl3N3O5S. The molecule has 0 atom stereocenters. The van der Waals surface area contributed by atoms with Gasteiger partial charge in [-0.25, -0.2) is 0 Å². The highest BCUT2D eigenvalue weighted by Crippen LogP contribution is 2.41. The summed E-state index contributed by atoms with van der Waals surface area (Å²) in [6, 6.07) is 5.71. The summed E-state index contributed by atoms with van der Waals surface area (Å²) in [6.07, 6.45) is 0. The molecule has 0 amide bonds. The van der Waals surface area contributed by atoms with Crippen LogP contribution < -0.4 is 10.5 Å². The van der Waals surface area contributed by atoms with Crippen molar-refractivity contribution in [3.63, 3.8) is 0 Å². The fourth-order valence-electron chi connectivity index (χ4n) is 1.82. The van der Waals surface area contributed by atoms with Gasteiger partial charge in [-0.3, -0.25) is 10.1 Å². The van der Waals surface area contributed by atoms with Crippen LogP contribution >= 0.6 is 34.8 Å². The molecular weight excluding hydrogens is 429 g/mol. The average Bonchev–Trinajstić information content (AvgIpc) is 2.50. The second kappa shape index (κ2) is 7.67. The number of nitrogens with zero attached hydrogens (tertiary/aromatic N) is 2. The Hall–Kier alpha value is -2.07. The van der Waals surface area contributed by atoms with Crippen LogP contribution in [0.2, 0.25) is 15.1 Å². The second-order valence-electron chi connectivity index (χ2n) is 4.90. The van der Waals surface area contributed by atoms with Crippen LogP contribution in [0.15, 0.2) is 39.6 Å². The van der Waals surface area contributed by atoms with Gasteiger partial charge < -0.3 is 10.5 Å². The number of nitro groups is 1. The lowest BCUT2D eigenvalue weighted by Crippen LogP contribution is -2.10. The number of nitrogens with two attached hydrogens (primary N) is 1. The molecule has 0 saturated heterocycles. The molecule has 0 unspecified atom stereocenters. The Labute approximate surface area is 163 Å². The van der Waals surface area contributed by atoms with Crippen molar-refractivity contribution >= 4 is 56.3 Å². The summed E-state index contributed by atoms with van der Waals surface area (Å²) in [7, 11) is -4.08. The first-order valence-electron chi connectivity index (χ1n) is 6.69. The van der Waals surface area contributed by atoms with E-state index in [0.717, 1.165) is 18.2 Å². The molecule has 0 aliphatic carbocycles. The molecule has 0 aromatic heterocycles. The molecule has 2 aromatic carbocycles. The van der Waals surface area contributed by atoms with E-state index in [1.807, 2.05) is 0 Å². The zero-order valence-corrected chi connectivity index (χ0v) is 16.0. The van der Waals surface area contributed by atoms with Gasteiger partial charge in [0, 0.05) is 12.1 Å². The van der Waals surface area contributed by atoms with Crippen molar-refractivity contribution < 1.29 is 18.1 Å². The maximum absolute atomic E-state index is 12.1. The molecule has 0 saturated carbocycles. The molecule has 0 spiro atoms. The molecule has 0 aliphatic rings. The van der Waals surface area contributed by atoms with Crippen molar-refractivity contribution in [2.24, 2.45) is 10.1 Å². The third-order valence-electron chi connectivity index (χ3n) is 2.87. The molecule has 0 aliphatic heterocycles. The van der Waals surface area contributed by atoms with Crippen LogP contribution in [0, 0.1) is 10.1 Å². The largest absolute Gasteiger partial charge is 0.453 e. The molecule has 2 rings (SSSR count). The topological polar surface area (TPSA) is 125 Å². The SMILES string of the molecule is C/C(N)=N\S(=O)(=O)c1cc(Cl)c(Oc2ccc([N+](=O)[O-])cc2Cl)c(Cl)c1. The molecule has 138 valence electrons. The first-order valence-corrected chi connectivity index (χ1v) is 9.26. The van der Waals surface area contributed by atoms with Crippen molar-refractivity contribution in [1.29, 1.82) is 0 Å². The maximum Gasteiger partial charge on any atom is 0.284 e. The minimum atomic E-state index is -4.08. The van der Waals surface area contributed by atoms with Crippen LogP contribution in [0.4, 0.5) is 5.69 Å². The Morgan fingerprint density at radius 3 is 2.19 bits per heavy atom. The monoisotopic (exact) mass is 437 g/mol. The smallest absolute Gasteiger partial charge is 0.284 e. The molecule has 0 radical (unpaired) electrons. The zero-order valence-electron chi connectivity index (χ0n) is 12.9. The highest BCUT2D eigenvalue weighted by Gasteiger charge is 2.20. The van der Waals surface area contributed by atoms with Crippen LogP contribution in [-0.4, -0.2) is 19.2 Å². The Balaban J connectivity index is 2.44. The zero-order chi connectivity index (χ0) is 19.6. The predicted octanol–water partition coefficient (Wildman–Crippen LogP) is 4.41. The molecule has 0 fully saturated rings. The fourth-order valence-corrected chi connectivity index (χ4v) is 3.75. The number of benzene rings is 2. The molecule has 12 heteroatoms. The van der Waals surface area contributed by atoms with Crippen molar-refractivity contribution in [3.05, 3.63) is 55.5 Å². The van der Waals surface area contributed by atoms with Gasteiger partial charge in [-0.05, 0) is 25.1 Å². The van der Waals surface area contributed by atoms with Crippen LogP contribution in [0.5, 0.6) is 11.5 Å². The van der Waals surface area contributed by atoms with Gasteiger partial charge in [0.25, 0.3) is 15.7 Å². The Kier molecular flexibility index (Phi) is 5.97. The number of amidine groups is 1. The van der Waals surface area contributed by atoms with E-state index >= 15 is 0 Å². The summed E-state index contributed by atoms with van der Waals surface area (Å²) >= 11 is 18.1. The lowest BCUT2D eigenvalue weighted by atomic mass is 10.3. The van der Waals surface area contributed by atoms with E-state index in [1.54, 1.807) is 0 Å². The lowest BCUT2D eigenvalue weighted by molar-refractivity contribution is -0.384. The van der Waals surface area contributed by atoms with Gasteiger partial charge in [0.2, 0.25) is 0 Å². The van der Waals surface area contributed by atoms with E-state index in [0.29, 0.717) is 0 Å². The number of hydrogen-bond donors (Lipinski definition) is 1. The summed E-state index contributed by atoms with van der Waals surface area (Å²) in [6.45, 7) is 1.31. The van der Waals surface area contributed by atoms with Gasteiger partial charge in [0.1, 0.15) is 11.6 Å². The van der Waals surface area contributed by atoms with Gasteiger partial charge in [-0.1, -0.05) is 34.8 Å². The Bertz CT molecular complexity index is 997. The van der Waals surface area contributed by atoms with Crippen molar-refractivity contribution in [2.75, 3.05) is 0 Å². The van der Waals surface area contributed by atoms with Gasteiger partial charge in [0.15, 0.2) is 5.75 Å². The highest BCUT2D eigenvalue weighted by molar-refractivity contribution is 7.90.